The summed E-state index contributed by atoms with van der Waals surface area (Å²) in [6.45, 7) is 11.1. The lowest BCUT2D eigenvalue weighted by atomic mass is 9.81. The molecule has 0 aliphatic carbocycles. The molecule has 146 valence electrons. The molecule has 0 radical (unpaired) electrons. The third-order valence-corrected chi connectivity index (χ3v) is 5.54. The molecule has 1 aliphatic rings. The fourth-order valence-electron chi connectivity index (χ4n) is 4.06. The minimum atomic E-state index is -0.00592. The molecule has 0 N–H and O–H groups in total. The molecule has 1 saturated heterocycles. The van der Waals surface area contributed by atoms with Crippen LogP contribution in [0.2, 0.25) is 0 Å². The van der Waals surface area contributed by atoms with E-state index in [0.29, 0.717) is 0 Å². The Balaban J connectivity index is 1.78. The lowest BCUT2D eigenvalue weighted by molar-refractivity contribution is 0.0595. The lowest BCUT2D eigenvalue weighted by Crippen LogP contribution is -2.29. The first-order valence-electron chi connectivity index (χ1n) is 10.5. The minimum absolute atomic E-state index is 0.00592. The molecule has 2 aromatic rings. The smallest absolute Gasteiger partial charge is 0.108 e. The molecule has 0 saturated carbocycles. The van der Waals surface area contributed by atoms with Crippen LogP contribution in [0.5, 0.6) is 0 Å². The van der Waals surface area contributed by atoms with E-state index < -0.39 is 0 Å². The van der Waals surface area contributed by atoms with E-state index in [1.807, 2.05) is 0 Å². The van der Waals surface area contributed by atoms with Gasteiger partial charge in [0.2, 0.25) is 0 Å². The van der Waals surface area contributed by atoms with Gasteiger partial charge >= 0.3 is 0 Å². The summed E-state index contributed by atoms with van der Waals surface area (Å²) in [6.07, 6.45) is 5.41. The molecular weight excluding hydrogens is 330 g/mol. The van der Waals surface area contributed by atoms with Gasteiger partial charge in [0.15, 0.2) is 0 Å². The van der Waals surface area contributed by atoms with Crippen molar-refractivity contribution in [1.82, 2.24) is 4.90 Å². The van der Waals surface area contributed by atoms with Crippen LogP contribution >= 0.6 is 0 Å². The zero-order valence-electron chi connectivity index (χ0n) is 17.3. The molecule has 27 heavy (non-hydrogen) atoms. The first kappa shape index (κ1) is 20.1. The molecule has 0 amide bonds. The highest BCUT2D eigenvalue weighted by Crippen LogP contribution is 2.34. The van der Waals surface area contributed by atoms with Crippen LogP contribution in [0.1, 0.15) is 69.2 Å². The number of ether oxygens (including phenoxy) is 1. The van der Waals surface area contributed by atoms with E-state index in [-0.39, 0.29) is 11.5 Å². The van der Waals surface area contributed by atoms with Gasteiger partial charge in [-0.1, -0.05) is 88.2 Å². The maximum Gasteiger partial charge on any atom is 0.108 e. The fourth-order valence-corrected chi connectivity index (χ4v) is 4.06. The first-order valence-corrected chi connectivity index (χ1v) is 10.5. The second kappa shape index (κ2) is 9.52. The summed E-state index contributed by atoms with van der Waals surface area (Å²) in [5, 5.41) is 0. The fraction of sp³-hybridized carbons (Fsp3) is 0.520. The van der Waals surface area contributed by atoms with E-state index >= 15 is 0 Å². The number of hydrogen-bond donors (Lipinski definition) is 0. The summed E-state index contributed by atoms with van der Waals surface area (Å²) >= 11 is 0. The first-order chi connectivity index (χ1) is 13.1. The Morgan fingerprint density at radius 1 is 0.852 bits per heavy atom. The highest BCUT2D eigenvalue weighted by Gasteiger charge is 2.24. The van der Waals surface area contributed by atoms with Crippen LogP contribution in [0.3, 0.4) is 0 Å². The second-order valence-electron chi connectivity index (χ2n) is 8.75. The third kappa shape index (κ3) is 5.67. The number of likely N-dealkylation sites (tertiary alicyclic amines) is 1. The summed E-state index contributed by atoms with van der Waals surface area (Å²) < 4.78 is 6.55. The number of rotatable bonds is 6. The van der Waals surface area contributed by atoms with Gasteiger partial charge < -0.3 is 9.64 Å². The zero-order valence-corrected chi connectivity index (χ0v) is 17.3. The van der Waals surface area contributed by atoms with Gasteiger partial charge in [-0.2, -0.15) is 0 Å². The molecule has 1 unspecified atom stereocenters. The van der Waals surface area contributed by atoms with Gasteiger partial charge in [0.1, 0.15) is 6.10 Å². The Morgan fingerprint density at radius 3 is 2.15 bits per heavy atom. The minimum Gasteiger partial charge on any atom is -0.367 e. The molecule has 2 aromatic carbocycles. The predicted octanol–water partition coefficient (Wildman–Crippen LogP) is 5.97. The van der Waals surface area contributed by atoms with E-state index in [9.17, 15) is 0 Å². The largest absolute Gasteiger partial charge is 0.367 e. The van der Waals surface area contributed by atoms with Crippen molar-refractivity contribution in [3.8, 4) is 0 Å². The summed E-state index contributed by atoms with van der Waals surface area (Å²) in [4.78, 5) is 2.57. The monoisotopic (exact) mass is 365 g/mol. The van der Waals surface area contributed by atoms with E-state index in [0.717, 1.165) is 13.2 Å². The van der Waals surface area contributed by atoms with Gasteiger partial charge in [-0.3, -0.25) is 0 Å². The molecule has 1 aliphatic heterocycles. The van der Waals surface area contributed by atoms with E-state index in [1.54, 1.807) is 0 Å². The van der Waals surface area contributed by atoms with Crippen LogP contribution in [0, 0.1) is 0 Å². The van der Waals surface area contributed by atoms with Crippen LogP contribution in [0.4, 0.5) is 0 Å². The molecule has 1 heterocycles. The molecule has 1 fully saturated rings. The highest BCUT2D eigenvalue weighted by molar-refractivity contribution is 5.39. The maximum absolute atomic E-state index is 6.55. The summed E-state index contributed by atoms with van der Waals surface area (Å²) in [5.41, 5.74) is 4.00. The highest BCUT2D eigenvalue weighted by atomic mass is 16.5. The molecule has 0 spiro atoms. The Bertz CT molecular complexity index is 681. The van der Waals surface area contributed by atoms with Crippen molar-refractivity contribution in [1.29, 1.82) is 0 Å². The van der Waals surface area contributed by atoms with Crippen molar-refractivity contribution in [2.24, 2.45) is 0 Å². The van der Waals surface area contributed by atoms with Crippen LogP contribution in [-0.2, 0) is 10.2 Å². The summed E-state index contributed by atoms with van der Waals surface area (Å²) in [7, 11) is 0. The molecule has 0 bridgehead atoms. The van der Waals surface area contributed by atoms with Crippen LogP contribution in [-0.4, -0.2) is 31.1 Å². The predicted molar refractivity (Wildman–Crippen MR) is 114 cm³/mol. The molecule has 3 rings (SSSR count). The Kier molecular flexibility index (Phi) is 7.09. The van der Waals surface area contributed by atoms with Crippen LogP contribution in [0.15, 0.2) is 54.6 Å². The molecule has 2 heteroatoms. The summed E-state index contributed by atoms with van der Waals surface area (Å²) in [5.74, 6) is 0. The molecule has 0 aromatic heterocycles. The van der Waals surface area contributed by atoms with Crippen molar-refractivity contribution >= 4 is 0 Å². The van der Waals surface area contributed by atoms with Gasteiger partial charge in [-0.15, -0.1) is 0 Å². The van der Waals surface area contributed by atoms with Crippen molar-refractivity contribution in [3.05, 3.63) is 71.3 Å². The maximum atomic E-state index is 6.55. The van der Waals surface area contributed by atoms with E-state index in [4.69, 9.17) is 4.74 Å². The van der Waals surface area contributed by atoms with Gasteiger partial charge in [0, 0.05) is 6.54 Å². The average Bonchev–Trinajstić information content (AvgIpc) is 2.94. The van der Waals surface area contributed by atoms with E-state index in [1.165, 1.54) is 55.5 Å². The van der Waals surface area contributed by atoms with E-state index in [2.05, 4.69) is 80.3 Å². The van der Waals surface area contributed by atoms with Crippen LogP contribution < -0.4 is 0 Å². The lowest BCUT2D eigenvalue weighted by Gasteiger charge is -2.29. The Hall–Kier alpha value is -1.64. The van der Waals surface area contributed by atoms with Crippen molar-refractivity contribution < 1.29 is 4.74 Å². The van der Waals surface area contributed by atoms with Crippen molar-refractivity contribution in [2.45, 2.75) is 58.0 Å². The van der Waals surface area contributed by atoms with Crippen LogP contribution in [0.25, 0.3) is 0 Å². The second-order valence-corrected chi connectivity index (χ2v) is 8.75. The molecule has 2 nitrogen and oxygen atoms in total. The Labute approximate surface area is 165 Å². The standard InChI is InChI=1S/C25H35NO/c1-25(2,3)23-16-10-9-15-22(23)24(21-13-7-6-8-14-21)27-20-19-26-17-11-4-5-12-18-26/h6-10,13-16,24H,4-5,11-12,17-20H2,1-3H3. The SMILES string of the molecule is CC(C)(C)c1ccccc1C(OCCN1CCCCCC1)c1ccccc1. The zero-order chi connectivity index (χ0) is 19.1. The van der Waals surface area contributed by atoms with Gasteiger partial charge in [0.05, 0.1) is 6.61 Å². The topological polar surface area (TPSA) is 12.5 Å². The van der Waals surface area contributed by atoms with Gasteiger partial charge in [-0.25, -0.2) is 0 Å². The van der Waals surface area contributed by atoms with Crippen molar-refractivity contribution in [3.63, 3.8) is 0 Å². The molecular formula is C25H35NO. The number of nitrogens with zero attached hydrogens (tertiary/aromatic N) is 1. The number of hydrogen-bond acceptors (Lipinski definition) is 2. The quantitative estimate of drug-likeness (QED) is 0.625. The average molecular weight is 366 g/mol. The Morgan fingerprint density at radius 2 is 1.48 bits per heavy atom. The van der Waals surface area contributed by atoms with Gasteiger partial charge in [-0.05, 0) is 48.0 Å². The number of benzene rings is 2. The third-order valence-electron chi connectivity index (χ3n) is 5.54. The van der Waals surface area contributed by atoms with Gasteiger partial charge in [0.25, 0.3) is 0 Å². The normalized spacial score (nSPS) is 17.4. The van der Waals surface area contributed by atoms with Crippen molar-refractivity contribution in [2.75, 3.05) is 26.2 Å². The molecule has 1 atom stereocenters. The summed E-state index contributed by atoms with van der Waals surface area (Å²) in [6, 6.07) is 19.5.